The van der Waals surface area contributed by atoms with Crippen LogP contribution in [-0.2, 0) is 16.6 Å². The molecule has 1 saturated heterocycles. The van der Waals surface area contributed by atoms with Crippen LogP contribution >= 0.6 is 11.6 Å². The molecule has 1 aliphatic heterocycles. The average molecular weight is 394 g/mol. The minimum atomic E-state index is -3.71. The lowest BCUT2D eigenvalue weighted by molar-refractivity contribution is 0.181. The molecule has 5 nitrogen and oxygen atoms in total. The lowest BCUT2D eigenvalue weighted by Gasteiger charge is -2.34. The summed E-state index contributed by atoms with van der Waals surface area (Å²) in [6.45, 7) is 2.35. The lowest BCUT2D eigenvalue weighted by atomic mass is 10.1. The first-order valence-electron chi connectivity index (χ1n) is 8.07. The van der Waals surface area contributed by atoms with Crippen molar-refractivity contribution in [3.8, 4) is 6.07 Å². The predicted molar refractivity (Wildman–Crippen MR) is 96.6 cm³/mol. The Kier molecular flexibility index (Phi) is 5.58. The summed E-state index contributed by atoms with van der Waals surface area (Å²) in [5.74, 6) is -0.647. The molecular weight excluding hydrogens is 377 g/mol. The molecule has 0 atom stereocenters. The molecular formula is C18H17ClFN3O2S. The molecule has 1 aliphatic rings. The van der Waals surface area contributed by atoms with E-state index >= 15 is 0 Å². The molecule has 1 fully saturated rings. The highest BCUT2D eigenvalue weighted by molar-refractivity contribution is 7.89. The molecule has 136 valence electrons. The smallest absolute Gasteiger partial charge is 0.243 e. The maximum absolute atomic E-state index is 13.3. The van der Waals surface area contributed by atoms with E-state index in [0.29, 0.717) is 38.3 Å². The Hall–Kier alpha value is -1.98. The van der Waals surface area contributed by atoms with E-state index in [-0.39, 0.29) is 9.92 Å². The van der Waals surface area contributed by atoms with Gasteiger partial charge in [-0.05, 0) is 29.8 Å². The number of sulfonamides is 1. The van der Waals surface area contributed by atoms with Gasteiger partial charge >= 0.3 is 0 Å². The first-order valence-corrected chi connectivity index (χ1v) is 9.89. The summed E-state index contributed by atoms with van der Waals surface area (Å²) < 4.78 is 40.1. The maximum atomic E-state index is 13.3. The zero-order valence-corrected chi connectivity index (χ0v) is 15.5. The van der Waals surface area contributed by atoms with Gasteiger partial charge in [0.1, 0.15) is 5.82 Å². The second-order valence-electron chi connectivity index (χ2n) is 6.03. The van der Waals surface area contributed by atoms with Crippen molar-refractivity contribution in [2.24, 2.45) is 0 Å². The van der Waals surface area contributed by atoms with Gasteiger partial charge in [0.05, 0.1) is 21.6 Å². The molecule has 1 heterocycles. The Morgan fingerprint density at radius 3 is 2.46 bits per heavy atom. The molecule has 0 unspecified atom stereocenters. The summed E-state index contributed by atoms with van der Waals surface area (Å²) in [6, 6.07) is 13.0. The predicted octanol–water partition coefficient (Wildman–Crippen LogP) is 2.86. The van der Waals surface area contributed by atoms with Gasteiger partial charge in [-0.2, -0.15) is 9.57 Å². The van der Waals surface area contributed by atoms with E-state index in [9.17, 15) is 18.1 Å². The van der Waals surface area contributed by atoms with Crippen LogP contribution in [0.2, 0.25) is 5.02 Å². The Morgan fingerprint density at radius 2 is 1.81 bits per heavy atom. The highest BCUT2D eigenvalue weighted by Gasteiger charge is 2.29. The third-order valence-electron chi connectivity index (χ3n) is 4.39. The van der Waals surface area contributed by atoms with Crippen LogP contribution < -0.4 is 0 Å². The fourth-order valence-electron chi connectivity index (χ4n) is 2.92. The molecule has 0 bridgehead atoms. The summed E-state index contributed by atoms with van der Waals surface area (Å²) in [5, 5.41) is 8.96. The second kappa shape index (κ2) is 7.72. The Labute approximate surface area is 157 Å². The Morgan fingerprint density at radius 1 is 1.12 bits per heavy atom. The molecule has 8 heteroatoms. The lowest BCUT2D eigenvalue weighted by Crippen LogP contribution is -2.48. The first-order chi connectivity index (χ1) is 12.4. The fraction of sp³-hybridized carbons (Fsp3) is 0.278. The highest BCUT2D eigenvalue weighted by Crippen LogP contribution is 2.23. The first kappa shape index (κ1) is 18.8. The molecule has 0 radical (unpaired) electrons. The van der Waals surface area contributed by atoms with Gasteiger partial charge in [0.25, 0.3) is 0 Å². The normalized spacial score (nSPS) is 16.3. The van der Waals surface area contributed by atoms with E-state index in [1.165, 1.54) is 10.4 Å². The van der Waals surface area contributed by atoms with Crippen molar-refractivity contribution < 1.29 is 12.8 Å². The van der Waals surface area contributed by atoms with E-state index in [2.05, 4.69) is 11.0 Å². The summed E-state index contributed by atoms with van der Waals surface area (Å²) in [7, 11) is -3.71. The van der Waals surface area contributed by atoms with Crippen LogP contribution in [0.1, 0.15) is 11.1 Å². The van der Waals surface area contributed by atoms with E-state index in [0.717, 1.165) is 17.7 Å². The quantitative estimate of drug-likeness (QED) is 0.801. The Balaban J connectivity index is 1.68. The van der Waals surface area contributed by atoms with Crippen LogP contribution in [0.4, 0.5) is 4.39 Å². The highest BCUT2D eigenvalue weighted by atomic mass is 35.5. The van der Waals surface area contributed by atoms with Gasteiger partial charge < -0.3 is 0 Å². The van der Waals surface area contributed by atoms with Gasteiger partial charge in [0, 0.05) is 32.7 Å². The molecule has 0 spiro atoms. The number of hydrogen-bond donors (Lipinski definition) is 0. The number of nitriles is 1. The number of nitrogens with zero attached hydrogens (tertiary/aromatic N) is 3. The summed E-state index contributed by atoms with van der Waals surface area (Å²) in [5.41, 5.74) is 1.56. The minimum Gasteiger partial charge on any atom is -0.296 e. The average Bonchev–Trinajstić information content (AvgIpc) is 2.65. The monoisotopic (exact) mass is 393 g/mol. The van der Waals surface area contributed by atoms with Crippen LogP contribution in [-0.4, -0.2) is 43.8 Å². The molecule has 3 rings (SSSR count). The molecule has 2 aromatic rings. The molecule has 0 aromatic heterocycles. The summed E-state index contributed by atoms with van der Waals surface area (Å²) >= 11 is 5.71. The molecule has 0 aliphatic carbocycles. The Bertz CT molecular complexity index is 951. The molecule has 0 saturated carbocycles. The minimum absolute atomic E-state index is 0.00724. The molecule has 0 amide bonds. The summed E-state index contributed by atoms with van der Waals surface area (Å²) in [6.07, 6.45) is 0. The maximum Gasteiger partial charge on any atom is 0.243 e. The number of piperazine rings is 1. The molecule has 2 aromatic carbocycles. The SMILES string of the molecule is N#Cc1ccccc1CN1CCN(S(=O)(=O)c2ccc(F)c(Cl)c2)CC1. The molecule has 26 heavy (non-hydrogen) atoms. The van der Waals surface area contributed by atoms with Crippen molar-refractivity contribution >= 4 is 21.6 Å². The zero-order valence-electron chi connectivity index (χ0n) is 13.9. The van der Waals surface area contributed by atoms with Gasteiger partial charge in [-0.25, -0.2) is 12.8 Å². The van der Waals surface area contributed by atoms with E-state index in [1.807, 2.05) is 18.2 Å². The van der Waals surface area contributed by atoms with Crippen LogP contribution in [0.15, 0.2) is 47.4 Å². The largest absolute Gasteiger partial charge is 0.296 e. The van der Waals surface area contributed by atoms with Gasteiger partial charge in [-0.1, -0.05) is 29.8 Å². The number of benzene rings is 2. The summed E-state index contributed by atoms with van der Waals surface area (Å²) in [4.78, 5) is 2.10. The molecule has 0 N–H and O–H groups in total. The van der Waals surface area contributed by atoms with Gasteiger partial charge in [0.15, 0.2) is 0 Å². The third kappa shape index (κ3) is 3.89. The topological polar surface area (TPSA) is 64.4 Å². The fourth-order valence-corrected chi connectivity index (χ4v) is 4.62. The van der Waals surface area contributed by atoms with E-state index in [1.54, 1.807) is 6.07 Å². The number of hydrogen-bond acceptors (Lipinski definition) is 4. The second-order valence-corrected chi connectivity index (χ2v) is 8.37. The third-order valence-corrected chi connectivity index (χ3v) is 6.58. The number of halogens is 2. The van der Waals surface area contributed by atoms with Crippen molar-refractivity contribution in [2.45, 2.75) is 11.4 Å². The van der Waals surface area contributed by atoms with E-state index in [4.69, 9.17) is 11.6 Å². The van der Waals surface area contributed by atoms with Gasteiger partial charge in [-0.3, -0.25) is 4.90 Å². The van der Waals surface area contributed by atoms with Crippen molar-refractivity contribution in [1.82, 2.24) is 9.21 Å². The number of rotatable bonds is 4. The van der Waals surface area contributed by atoms with Crippen molar-refractivity contribution in [1.29, 1.82) is 5.26 Å². The van der Waals surface area contributed by atoms with Crippen LogP contribution in [0.25, 0.3) is 0 Å². The van der Waals surface area contributed by atoms with Crippen molar-refractivity contribution in [2.75, 3.05) is 26.2 Å². The van der Waals surface area contributed by atoms with E-state index < -0.39 is 15.8 Å². The van der Waals surface area contributed by atoms with Crippen molar-refractivity contribution in [3.63, 3.8) is 0 Å². The zero-order chi connectivity index (χ0) is 18.7. The van der Waals surface area contributed by atoms with Gasteiger partial charge in [0.2, 0.25) is 10.0 Å². The van der Waals surface area contributed by atoms with Crippen LogP contribution in [0, 0.1) is 17.1 Å². The van der Waals surface area contributed by atoms with Crippen molar-refractivity contribution in [3.05, 3.63) is 64.4 Å². The standard InChI is InChI=1S/C18H17ClFN3O2S/c19-17-11-16(5-6-18(17)20)26(24,25)23-9-7-22(8-10-23)13-15-4-2-1-3-14(15)12-21/h1-6,11H,7-10,13H2. The van der Waals surface area contributed by atoms with Gasteiger partial charge in [-0.15, -0.1) is 0 Å². The van der Waals surface area contributed by atoms with Crippen LogP contribution in [0.5, 0.6) is 0 Å². The van der Waals surface area contributed by atoms with Crippen LogP contribution in [0.3, 0.4) is 0 Å².